The predicted molar refractivity (Wildman–Crippen MR) is 122 cm³/mol. The number of para-hydroxylation sites is 2. The monoisotopic (exact) mass is 415 g/mol. The van der Waals surface area contributed by atoms with Gasteiger partial charge in [-0.3, -0.25) is 9.36 Å². The molecule has 0 atom stereocenters. The van der Waals surface area contributed by atoms with Crippen LogP contribution in [0.15, 0.2) is 48.5 Å². The van der Waals surface area contributed by atoms with Crippen molar-refractivity contribution in [1.82, 2.24) is 19.9 Å². The second-order valence-corrected chi connectivity index (χ2v) is 7.99. The number of hydrogen-bond acceptors (Lipinski definition) is 5. The number of benzene rings is 2. The maximum Gasteiger partial charge on any atom is 0.257 e. The van der Waals surface area contributed by atoms with E-state index in [2.05, 4.69) is 5.32 Å². The lowest BCUT2D eigenvalue weighted by Gasteiger charge is -2.22. The summed E-state index contributed by atoms with van der Waals surface area (Å²) in [6, 6.07) is 15.3. The molecular weight excluding hydrogens is 390 g/mol. The van der Waals surface area contributed by atoms with Crippen molar-refractivity contribution in [3.63, 3.8) is 0 Å². The highest BCUT2D eigenvalue weighted by Gasteiger charge is 2.27. The van der Waals surface area contributed by atoms with Crippen LogP contribution in [0.25, 0.3) is 27.9 Å². The van der Waals surface area contributed by atoms with Crippen LogP contribution in [0.4, 0.5) is 5.82 Å². The Kier molecular flexibility index (Phi) is 4.94. The average molecular weight is 415 g/mol. The van der Waals surface area contributed by atoms with E-state index in [1.165, 1.54) is 6.42 Å². The number of aromatic nitrogens is 3. The Morgan fingerprint density at radius 2 is 1.81 bits per heavy atom. The van der Waals surface area contributed by atoms with E-state index in [0.717, 1.165) is 42.4 Å². The number of carbonyl (C=O) groups is 1. The molecule has 0 radical (unpaired) electrons. The van der Waals surface area contributed by atoms with E-state index < -0.39 is 0 Å². The second kappa shape index (κ2) is 7.91. The van der Waals surface area contributed by atoms with Crippen LogP contribution in [0, 0.1) is 0 Å². The Hall–Kier alpha value is -3.61. The van der Waals surface area contributed by atoms with Crippen LogP contribution in [0.5, 0.6) is 5.75 Å². The summed E-state index contributed by atoms with van der Waals surface area (Å²) in [6.07, 6.45) is 5.48. The van der Waals surface area contributed by atoms with E-state index >= 15 is 0 Å². The molecule has 1 saturated carbocycles. The lowest BCUT2D eigenvalue weighted by atomic mass is 9.95. The minimum absolute atomic E-state index is 0.171. The van der Waals surface area contributed by atoms with Gasteiger partial charge in [-0.15, -0.1) is 0 Å². The van der Waals surface area contributed by atoms with Gasteiger partial charge in [-0.2, -0.15) is 0 Å². The highest BCUT2D eigenvalue weighted by atomic mass is 16.5. The predicted octanol–water partition coefficient (Wildman–Crippen LogP) is 4.23. The third-order valence-electron chi connectivity index (χ3n) is 5.98. The molecule has 0 unspecified atom stereocenters. The Bertz CT molecular complexity index is 1270. The summed E-state index contributed by atoms with van der Waals surface area (Å²) in [4.78, 5) is 23.0. The molecule has 2 heterocycles. The zero-order chi connectivity index (χ0) is 21.4. The van der Waals surface area contributed by atoms with Crippen LogP contribution >= 0.6 is 0 Å². The molecule has 0 bridgehead atoms. The van der Waals surface area contributed by atoms with Crippen molar-refractivity contribution in [3.8, 4) is 11.4 Å². The van der Waals surface area contributed by atoms with Gasteiger partial charge in [0.1, 0.15) is 22.6 Å². The van der Waals surface area contributed by atoms with Crippen LogP contribution in [-0.4, -0.2) is 33.6 Å². The number of fused-ring (bicyclic) bond motifs is 2. The maximum absolute atomic E-state index is 13.4. The Balaban J connectivity index is 1.71. The van der Waals surface area contributed by atoms with Crippen molar-refractivity contribution in [1.29, 1.82) is 0 Å². The summed E-state index contributed by atoms with van der Waals surface area (Å²) in [5, 5.41) is 3.18. The van der Waals surface area contributed by atoms with Crippen molar-refractivity contribution in [3.05, 3.63) is 54.1 Å². The Morgan fingerprint density at radius 1 is 1.06 bits per heavy atom. The summed E-state index contributed by atoms with van der Waals surface area (Å²) in [5.41, 5.74) is 10.3. The van der Waals surface area contributed by atoms with Crippen molar-refractivity contribution in [2.45, 2.75) is 38.1 Å². The molecule has 2 aromatic heterocycles. The first-order valence-electron chi connectivity index (χ1n) is 10.7. The fraction of sp³-hybridized carbons (Fsp3) is 0.292. The summed E-state index contributed by atoms with van der Waals surface area (Å²) >= 11 is 0. The number of amides is 1. The van der Waals surface area contributed by atoms with Gasteiger partial charge in [0, 0.05) is 12.1 Å². The molecule has 2 aromatic carbocycles. The van der Waals surface area contributed by atoms with E-state index in [0.29, 0.717) is 28.3 Å². The smallest absolute Gasteiger partial charge is 0.257 e. The molecule has 0 aliphatic heterocycles. The molecule has 0 saturated heterocycles. The van der Waals surface area contributed by atoms with Crippen LogP contribution in [-0.2, 0) is 0 Å². The number of rotatable bonds is 4. The van der Waals surface area contributed by atoms with Gasteiger partial charge in [-0.25, -0.2) is 9.97 Å². The zero-order valence-electron chi connectivity index (χ0n) is 17.5. The van der Waals surface area contributed by atoms with Gasteiger partial charge in [-0.1, -0.05) is 37.5 Å². The summed E-state index contributed by atoms with van der Waals surface area (Å²) < 4.78 is 7.17. The molecule has 31 heavy (non-hydrogen) atoms. The second-order valence-electron chi connectivity index (χ2n) is 7.99. The molecule has 1 aliphatic rings. The molecule has 158 valence electrons. The van der Waals surface area contributed by atoms with E-state index in [1.54, 1.807) is 11.7 Å². The topological polar surface area (TPSA) is 95.1 Å². The highest BCUT2D eigenvalue weighted by Crippen LogP contribution is 2.32. The molecule has 1 amide bonds. The van der Waals surface area contributed by atoms with E-state index in [1.807, 2.05) is 48.5 Å². The molecule has 7 heteroatoms. The van der Waals surface area contributed by atoms with Gasteiger partial charge in [-0.05, 0) is 37.1 Å². The van der Waals surface area contributed by atoms with Gasteiger partial charge in [0.2, 0.25) is 0 Å². The molecule has 0 spiro atoms. The lowest BCUT2D eigenvalue weighted by molar-refractivity contribution is 0.0930. The fourth-order valence-electron chi connectivity index (χ4n) is 4.40. The van der Waals surface area contributed by atoms with Crippen LogP contribution in [0.2, 0.25) is 0 Å². The SMILES string of the molecule is COc1cccc(-n2c(N)c(C(=O)NC3CCCCC3)c3nc4ccccc4nc32)c1. The first kappa shape index (κ1) is 19.4. The van der Waals surface area contributed by atoms with E-state index in [4.69, 9.17) is 20.4 Å². The summed E-state index contributed by atoms with van der Waals surface area (Å²) in [5.74, 6) is 0.827. The highest BCUT2D eigenvalue weighted by molar-refractivity contribution is 6.11. The van der Waals surface area contributed by atoms with Crippen LogP contribution in [0.1, 0.15) is 42.5 Å². The fourth-order valence-corrected chi connectivity index (χ4v) is 4.40. The Morgan fingerprint density at radius 3 is 2.55 bits per heavy atom. The van der Waals surface area contributed by atoms with Crippen molar-refractivity contribution < 1.29 is 9.53 Å². The first-order chi connectivity index (χ1) is 15.2. The molecule has 7 nitrogen and oxygen atoms in total. The standard InChI is InChI=1S/C24H25N5O2/c1-31-17-11-7-10-16(14-17)29-22(25)20(24(30)26-15-8-3-2-4-9-15)21-23(29)28-19-13-6-5-12-18(19)27-21/h5-7,10-15H,2-4,8-9,25H2,1H3,(H,26,30). The number of carbonyl (C=O) groups excluding carboxylic acids is 1. The number of anilines is 1. The zero-order valence-corrected chi connectivity index (χ0v) is 17.5. The molecule has 5 rings (SSSR count). The number of nitrogen functional groups attached to an aromatic ring is 1. The molecule has 4 aromatic rings. The molecule has 3 N–H and O–H groups in total. The van der Waals surface area contributed by atoms with E-state index in [9.17, 15) is 4.79 Å². The Labute approximate surface area is 180 Å². The van der Waals surface area contributed by atoms with Crippen molar-refractivity contribution >= 4 is 33.9 Å². The number of nitrogens with zero attached hydrogens (tertiary/aromatic N) is 3. The van der Waals surface area contributed by atoms with Gasteiger partial charge >= 0.3 is 0 Å². The van der Waals surface area contributed by atoms with Crippen LogP contribution in [0.3, 0.4) is 0 Å². The molecule has 1 aliphatic carbocycles. The normalized spacial score (nSPS) is 14.7. The number of ether oxygens (including phenoxy) is 1. The largest absolute Gasteiger partial charge is 0.497 e. The number of methoxy groups -OCH3 is 1. The van der Waals surface area contributed by atoms with Crippen molar-refractivity contribution in [2.75, 3.05) is 12.8 Å². The minimum atomic E-state index is -0.194. The first-order valence-corrected chi connectivity index (χ1v) is 10.7. The van der Waals surface area contributed by atoms with Crippen LogP contribution < -0.4 is 15.8 Å². The maximum atomic E-state index is 13.4. The van der Waals surface area contributed by atoms with E-state index in [-0.39, 0.29) is 11.9 Å². The summed E-state index contributed by atoms with van der Waals surface area (Å²) in [7, 11) is 1.62. The number of nitrogens with one attached hydrogen (secondary N) is 1. The quantitative estimate of drug-likeness (QED) is 0.520. The number of hydrogen-bond donors (Lipinski definition) is 2. The van der Waals surface area contributed by atoms with Gasteiger partial charge in [0.25, 0.3) is 5.91 Å². The minimum Gasteiger partial charge on any atom is -0.497 e. The third-order valence-corrected chi connectivity index (χ3v) is 5.98. The third kappa shape index (κ3) is 3.46. The lowest BCUT2D eigenvalue weighted by Crippen LogP contribution is -2.36. The van der Waals surface area contributed by atoms with Gasteiger partial charge in [0.05, 0.1) is 23.8 Å². The van der Waals surface area contributed by atoms with Gasteiger partial charge in [0.15, 0.2) is 5.65 Å². The average Bonchev–Trinajstić information content (AvgIpc) is 3.08. The number of nitrogens with two attached hydrogens (primary N) is 1. The summed E-state index contributed by atoms with van der Waals surface area (Å²) in [6.45, 7) is 0. The van der Waals surface area contributed by atoms with Gasteiger partial charge < -0.3 is 15.8 Å². The molecule has 1 fully saturated rings. The van der Waals surface area contributed by atoms with Crippen molar-refractivity contribution in [2.24, 2.45) is 0 Å². The molecular formula is C24H25N5O2.